The lowest BCUT2D eigenvalue weighted by Gasteiger charge is -2.23. The van der Waals surface area contributed by atoms with Crippen LogP contribution in [-0.2, 0) is 4.79 Å². The molecule has 0 radical (unpaired) electrons. The predicted octanol–water partition coefficient (Wildman–Crippen LogP) is -0.146. The lowest BCUT2D eigenvalue weighted by Crippen LogP contribution is -2.50. The first-order chi connectivity index (χ1) is 6.83. The Morgan fingerprint density at radius 3 is 3.00 bits per heavy atom. The molecule has 1 atom stereocenters. The summed E-state index contributed by atoms with van der Waals surface area (Å²) in [5.41, 5.74) is 0. The quantitative estimate of drug-likeness (QED) is 0.540. The van der Waals surface area contributed by atoms with Gasteiger partial charge in [-0.15, -0.1) is 0 Å². The highest BCUT2D eigenvalue weighted by atomic mass is 16.1. The normalized spacial score (nSPS) is 21.9. The van der Waals surface area contributed by atoms with Crippen LogP contribution in [0.5, 0.6) is 0 Å². The van der Waals surface area contributed by atoms with E-state index >= 15 is 0 Å². The maximum absolute atomic E-state index is 11.4. The van der Waals surface area contributed by atoms with E-state index in [4.69, 9.17) is 0 Å². The van der Waals surface area contributed by atoms with Crippen LogP contribution in [-0.4, -0.2) is 38.1 Å². The van der Waals surface area contributed by atoms with Crippen molar-refractivity contribution in [2.24, 2.45) is 0 Å². The second-order valence-corrected chi connectivity index (χ2v) is 3.76. The molecule has 1 fully saturated rings. The first-order valence-electron chi connectivity index (χ1n) is 5.53. The molecule has 1 heterocycles. The number of carbonyl (C=O) groups is 1. The molecule has 0 saturated carbocycles. The van der Waals surface area contributed by atoms with Gasteiger partial charge in [0.05, 0.1) is 0 Å². The summed E-state index contributed by atoms with van der Waals surface area (Å²) < 4.78 is 0. The van der Waals surface area contributed by atoms with Crippen molar-refractivity contribution in [2.45, 2.75) is 32.2 Å². The van der Waals surface area contributed by atoms with Crippen molar-refractivity contribution in [3.05, 3.63) is 0 Å². The van der Waals surface area contributed by atoms with Crippen LogP contribution in [0.1, 0.15) is 26.2 Å². The molecule has 14 heavy (non-hydrogen) atoms. The van der Waals surface area contributed by atoms with Gasteiger partial charge in [0.25, 0.3) is 0 Å². The summed E-state index contributed by atoms with van der Waals surface area (Å²) in [4.78, 5) is 11.4. The Kier molecular flexibility index (Phi) is 5.56. The summed E-state index contributed by atoms with van der Waals surface area (Å²) in [6.07, 6.45) is 2.79. The SMILES string of the molecule is CCCCNC(=O)C[C@H]1CNCCN1. The molecule has 1 amide bonds. The minimum Gasteiger partial charge on any atom is -0.356 e. The summed E-state index contributed by atoms with van der Waals surface area (Å²) in [6, 6.07) is 0.311. The number of carbonyl (C=O) groups excluding carboxylic acids is 1. The van der Waals surface area contributed by atoms with E-state index in [1.165, 1.54) is 0 Å². The van der Waals surface area contributed by atoms with E-state index in [-0.39, 0.29) is 5.91 Å². The van der Waals surface area contributed by atoms with E-state index in [1.54, 1.807) is 0 Å². The second-order valence-electron chi connectivity index (χ2n) is 3.76. The fourth-order valence-electron chi connectivity index (χ4n) is 1.56. The Bertz CT molecular complexity index is 167. The summed E-state index contributed by atoms with van der Waals surface area (Å²) in [5.74, 6) is 0.166. The Morgan fingerprint density at radius 1 is 1.50 bits per heavy atom. The lowest BCUT2D eigenvalue weighted by molar-refractivity contribution is -0.121. The highest BCUT2D eigenvalue weighted by molar-refractivity contribution is 5.76. The Balaban J connectivity index is 2.06. The fourth-order valence-corrected chi connectivity index (χ4v) is 1.56. The molecule has 1 rings (SSSR count). The van der Waals surface area contributed by atoms with Gasteiger partial charge in [-0.3, -0.25) is 4.79 Å². The number of nitrogens with one attached hydrogen (secondary N) is 3. The summed E-state index contributed by atoms with van der Waals surface area (Å²) >= 11 is 0. The number of unbranched alkanes of at least 4 members (excludes halogenated alkanes) is 1. The zero-order valence-corrected chi connectivity index (χ0v) is 8.94. The number of hydrogen-bond acceptors (Lipinski definition) is 3. The third-order valence-corrected chi connectivity index (χ3v) is 2.41. The van der Waals surface area contributed by atoms with Gasteiger partial charge >= 0.3 is 0 Å². The molecular weight excluding hydrogens is 178 g/mol. The van der Waals surface area contributed by atoms with Crippen molar-refractivity contribution >= 4 is 5.91 Å². The van der Waals surface area contributed by atoms with Crippen LogP contribution in [0.25, 0.3) is 0 Å². The van der Waals surface area contributed by atoms with Crippen molar-refractivity contribution in [3.8, 4) is 0 Å². The van der Waals surface area contributed by atoms with Gasteiger partial charge in [0.15, 0.2) is 0 Å². The van der Waals surface area contributed by atoms with Gasteiger partial charge in [-0.1, -0.05) is 13.3 Å². The molecule has 3 N–H and O–H groups in total. The summed E-state index contributed by atoms with van der Waals surface area (Å²) in [6.45, 7) is 5.82. The maximum Gasteiger partial charge on any atom is 0.221 e. The van der Waals surface area contributed by atoms with E-state index < -0.39 is 0 Å². The fraction of sp³-hybridized carbons (Fsp3) is 0.900. The smallest absolute Gasteiger partial charge is 0.221 e. The van der Waals surface area contributed by atoms with E-state index in [2.05, 4.69) is 22.9 Å². The third-order valence-electron chi connectivity index (χ3n) is 2.41. The lowest BCUT2D eigenvalue weighted by atomic mass is 10.1. The van der Waals surface area contributed by atoms with Crippen LogP contribution in [0.2, 0.25) is 0 Å². The first-order valence-corrected chi connectivity index (χ1v) is 5.53. The van der Waals surface area contributed by atoms with Gasteiger partial charge in [-0.25, -0.2) is 0 Å². The number of amides is 1. The van der Waals surface area contributed by atoms with Gasteiger partial charge in [0.2, 0.25) is 5.91 Å². The molecule has 0 bridgehead atoms. The minimum atomic E-state index is 0.166. The molecule has 0 spiro atoms. The molecule has 0 aliphatic carbocycles. The zero-order chi connectivity index (χ0) is 10.2. The van der Waals surface area contributed by atoms with Gasteiger partial charge in [-0.2, -0.15) is 0 Å². The molecule has 4 nitrogen and oxygen atoms in total. The minimum absolute atomic E-state index is 0.166. The molecule has 1 saturated heterocycles. The van der Waals surface area contributed by atoms with Crippen LogP contribution in [0.4, 0.5) is 0 Å². The Hall–Kier alpha value is -0.610. The molecule has 0 unspecified atom stereocenters. The highest BCUT2D eigenvalue weighted by Crippen LogP contribution is 1.94. The second kappa shape index (κ2) is 6.79. The van der Waals surface area contributed by atoms with Gasteiger partial charge in [-0.05, 0) is 6.42 Å². The van der Waals surface area contributed by atoms with E-state index in [0.29, 0.717) is 12.5 Å². The average molecular weight is 199 g/mol. The average Bonchev–Trinajstić information content (AvgIpc) is 2.20. The van der Waals surface area contributed by atoms with E-state index in [0.717, 1.165) is 39.0 Å². The van der Waals surface area contributed by atoms with Crippen molar-refractivity contribution < 1.29 is 4.79 Å². The maximum atomic E-state index is 11.4. The standard InChI is InChI=1S/C10H21N3O/c1-2-3-4-13-10(14)7-9-8-11-5-6-12-9/h9,11-12H,2-8H2,1H3,(H,13,14)/t9-/m0/s1. The Morgan fingerprint density at radius 2 is 2.36 bits per heavy atom. The molecule has 4 heteroatoms. The highest BCUT2D eigenvalue weighted by Gasteiger charge is 2.15. The monoisotopic (exact) mass is 199 g/mol. The topological polar surface area (TPSA) is 53.2 Å². The van der Waals surface area contributed by atoms with Crippen molar-refractivity contribution in [1.29, 1.82) is 0 Å². The van der Waals surface area contributed by atoms with Crippen LogP contribution >= 0.6 is 0 Å². The number of piperazine rings is 1. The predicted molar refractivity (Wildman–Crippen MR) is 57.2 cm³/mol. The van der Waals surface area contributed by atoms with Crippen LogP contribution in [0.15, 0.2) is 0 Å². The van der Waals surface area contributed by atoms with E-state index in [9.17, 15) is 4.79 Å². The molecule has 1 aliphatic heterocycles. The summed E-state index contributed by atoms with van der Waals surface area (Å²) in [5, 5.41) is 9.51. The van der Waals surface area contributed by atoms with Crippen LogP contribution in [0, 0.1) is 0 Å². The molecule has 1 aliphatic rings. The van der Waals surface area contributed by atoms with Crippen molar-refractivity contribution in [2.75, 3.05) is 26.2 Å². The molecule has 0 aromatic rings. The van der Waals surface area contributed by atoms with Crippen LogP contribution < -0.4 is 16.0 Å². The zero-order valence-electron chi connectivity index (χ0n) is 8.94. The first kappa shape index (κ1) is 11.5. The third kappa shape index (κ3) is 4.58. The van der Waals surface area contributed by atoms with Crippen LogP contribution in [0.3, 0.4) is 0 Å². The Labute approximate surface area is 85.8 Å². The molecular formula is C10H21N3O. The largest absolute Gasteiger partial charge is 0.356 e. The molecule has 82 valence electrons. The number of rotatable bonds is 5. The van der Waals surface area contributed by atoms with Crippen molar-refractivity contribution in [1.82, 2.24) is 16.0 Å². The molecule has 0 aromatic heterocycles. The summed E-state index contributed by atoms with van der Waals surface area (Å²) in [7, 11) is 0. The molecule has 0 aromatic carbocycles. The van der Waals surface area contributed by atoms with Crippen molar-refractivity contribution in [3.63, 3.8) is 0 Å². The van der Waals surface area contributed by atoms with E-state index in [1.807, 2.05) is 0 Å². The van der Waals surface area contributed by atoms with Gasteiger partial charge in [0.1, 0.15) is 0 Å². The van der Waals surface area contributed by atoms with Gasteiger partial charge < -0.3 is 16.0 Å². The number of hydrogen-bond donors (Lipinski definition) is 3. The van der Waals surface area contributed by atoms with Gasteiger partial charge in [0, 0.05) is 38.6 Å².